The van der Waals surface area contributed by atoms with Crippen molar-refractivity contribution in [1.29, 1.82) is 0 Å². The lowest BCUT2D eigenvalue weighted by atomic mass is 9.49. The molecular weight excluding hydrogens is 320 g/mol. The van der Waals surface area contributed by atoms with Crippen molar-refractivity contribution in [1.82, 2.24) is 10.6 Å². The number of carbonyl (C=O) groups is 3. The van der Waals surface area contributed by atoms with Gasteiger partial charge in [-0.15, -0.1) is 0 Å². The Kier molecular flexibility index (Phi) is 5.35. The Labute approximate surface area is 149 Å². The van der Waals surface area contributed by atoms with Crippen LogP contribution in [0.4, 0.5) is 0 Å². The van der Waals surface area contributed by atoms with Crippen LogP contribution in [0.5, 0.6) is 0 Å². The molecular formula is C19H30N2O4. The van der Waals surface area contributed by atoms with Gasteiger partial charge in [-0.25, -0.2) is 0 Å². The number of amides is 2. The van der Waals surface area contributed by atoms with Gasteiger partial charge in [-0.05, 0) is 69.6 Å². The third kappa shape index (κ3) is 3.98. The van der Waals surface area contributed by atoms with Crippen molar-refractivity contribution in [2.45, 2.75) is 64.9 Å². The second kappa shape index (κ2) is 7.34. The maximum absolute atomic E-state index is 12.8. The topological polar surface area (TPSA) is 84.5 Å². The van der Waals surface area contributed by atoms with E-state index in [9.17, 15) is 14.4 Å². The average Bonchev–Trinajstić information content (AvgIpc) is 2.56. The first-order valence-corrected chi connectivity index (χ1v) is 9.67. The van der Waals surface area contributed by atoms with Crippen molar-refractivity contribution in [3.8, 4) is 0 Å². The first kappa shape index (κ1) is 18.2. The van der Waals surface area contributed by atoms with Crippen LogP contribution in [0.3, 0.4) is 0 Å². The summed E-state index contributed by atoms with van der Waals surface area (Å²) in [6, 6.07) is 0. The zero-order valence-electron chi connectivity index (χ0n) is 15.3. The van der Waals surface area contributed by atoms with Crippen LogP contribution in [-0.4, -0.2) is 37.0 Å². The molecule has 0 saturated heterocycles. The van der Waals surface area contributed by atoms with Crippen LogP contribution in [0, 0.1) is 23.2 Å². The highest BCUT2D eigenvalue weighted by molar-refractivity contribution is 5.88. The maximum atomic E-state index is 12.8. The Balaban J connectivity index is 1.46. The standard InChI is InChI=1S/C19H30N2O4/c1-3-4-20-17(23)12(2)25-16(22)11-21-18(24)19-8-13-5-14(9-19)7-15(6-13)10-19/h12-15H,3-11H2,1-2H3,(H,20,23)(H,21,24). The molecule has 0 radical (unpaired) electrons. The fraction of sp³-hybridized carbons (Fsp3) is 0.842. The summed E-state index contributed by atoms with van der Waals surface area (Å²) in [4.78, 5) is 36.4. The zero-order valence-corrected chi connectivity index (χ0v) is 15.3. The molecule has 4 aliphatic rings. The molecule has 4 saturated carbocycles. The molecule has 2 N–H and O–H groups in total. The Morgan fingerprint density at radius 2 is 1.60 bits per heavy atom. The van der Waals surface area contributed by atoms with E-state index < -0.39 is 12.1 Å². The van der Waals surface area contributed by atoms with Crippen LogP contribution in [0.1, 0.15) is 58.8 Å². The van der Waals surface area contributed by atoms with Crippen molar-refractivity contribution in [3.63, 3.8) is 0 Å². The van der Waals surface area contributed by atoms with E-state index in [1.54, 1.807) is 6.92 Å². The van der Waals surface area contributed by atoms with E-state index in [1.165, 1.54) is 19.3 Å². The van der Waals surface area contributed by atoms with Crippen LogP contribution in [0.15, 0.2) is 0 Å². The lowest BCUT2D eigenvalue weighted by molar-refractivity contribution is -0.156. The summed E-state index contributed by atoms with van der Waals surface area (Å²) in [5.74, 6) is 1.20. The summed E-state index contributed by atoms with van der Waals surface area (Å²) in [7, 11) is 0. The number of ether oxygens (including phenoxy) is 1. The van der Waals surface area contributed by atoms with Gasteiger partial charge in [0.2, 0.25) is 5.91 Å². The number of nitrogens with one attached hydrogen (secondary N) is 2. The quantitative estimate of drug-likeness (QED) is 0.686. The molecule has 2 amide bonds. The minimum Gasteiger partial charge on any atom is -0.451 e. The fourth-order valence-corrected chi connectivity index (χ4v) is 5.41. The SMILES string of the molecule is CCCNC(=O)C(C)OC(=O)CNC(=O)C12CC3CC(CC(C3)C1)C2. The van der Waals surface area contributed by atoms with Crippen molar-refractivity contribution < 1.29 is 19.1 Å². The van der Waals surface area contributed by atoms with Gasteiger partial charge in [0.1, 0.15) is 6.54 Å². The number of rotatable bonds is 7. The molecule has 4 fully saturated rings. The van der Waals surface area contributed by atoms with Gasteiger partial charge in [-0.3, -0.25) is 14.4 Å². The monoisotopic (exact) mass is 350 g/mol. The van der Waals surface area contributed by atoms with Crippen LogP contribution in [-0.2, 0) is 19.1 Å². The molecule has 4 rings (SSSR count). The molecule has 0 aromatic carbocycles. The van der Waals surface area contributed by atoms with Gasteiger partial charge in [0.15, 0.2) is 6.10 Å². The van der Waals surface area contributed by atoms with Gasteiger partial charge in [0, 0.05) is 12.0 Å². The Bertz CT molecular complexity index is 510. The third-order valence-corrected chi connectivity index (χ3v) is 6.14. The molecule has 0 aliphatic heterocycles. The lowest BCUT2D eigenvalue weighted by Crippen LogP contribution is -2.54. The molecule has 1 unspecified atom stereocenters. The van der Waals surface area contributed by atoms with Crippen LogP contribution in [0.2, 0.25) is 0 Å². The molecule has 0 spiro atoms. The Morgan fingerprint density at radius 3 is 2.12 bits per heavy atom. The van der Waals surface area contributed by atoms with E-state index in [1.807, 2.05) is 6.92 Å². The summed E-state index contributed by atoms with van der Waals surface area (Å²) < 4.78 is 5.11. The molecule has 0 aromatic heterocycles. The van der Waals surface area contributed by atoms with Gasteiger partial charge in [-0.1, -0.05) is 6.92 Å². The van der Waals surface area contributed by atoms with Gasteiger partial charge < -0.3 is 15.4 Å². The van der Waals surface area contributed by atoms with Crippen molar-refractivity contribution in [2.75, 3.05) is 13.1 Å². The van der Waals surface area contributed by atoms with Crippen molar-refractivity contribution >= 4 is 17.8 Å². The maximum Gasteiger partial charge on any atom is 0.326 e. The molecule has 6 heteroatoms. The van der Waals surface area contributed by atoms with Crippen molar-refractivity contribution in [3.05, 3.63) is 0 Å². The van der Waals surface area contributed by atoms with E-state index in [4.69, 9.17) is 4.74 Å². The second-order valence-corrected chi connectivity index (χ2v) is 8.30. The molecule has 140 valence electrons. The molecule has 25 heavy (non-hydrogen) atoms. The summed E-state index contributed by atoms with van der Waals surface area (Å²) in [5.41, 5.74) is -0.265. The second-order valence-electron chi connectivity index (χ2n) is 8.30. The average molecular weight is 350 g/mol. The molecule has 4 aliphatic carbocycles. The zero-order chi connectivity index (χ0) is 18.0. The highest BCUT2D eigenvalue weighted by Crippen LogP contribution is 2.60. The number of esters is 1. The molecule has 1 atom stereocenters. The van der Waals surface area contributed by atoms with E-state index in [0.29, 0.717) is 24.3 Å². The largest absolute Gasteiger partial charge is 0.451 e. The number of hydrogen-bond donors (Lipinski definition) is 2. The predicted octanol–water partition coefficient (Wildman–Crippen LogP) is 1.78. The Hall–Kier alpha value is -1.59. The summed E-state index contributed by atoms with van der Waals surface area (Å²) in [6.07, 6.45) is 6.72. The minimum absolute atomic E-state index is 0.00615. The molecule has 0 heterocycles. The smallest absolute Gasteiger partial charge is 0.326 e. The number of carbonyl (C=O) groups excluding carboxylic acids is 3. The normalized spacial score (nSPS) is 33.6. The van der Waals surface area contributed by atoms with Gasteiger partial charge in [0.05, 0.1) is 0 Å². The van der Waals surface area contributed by atoms with Crippen LogP contribution in [0.25, 0.3) is 0 Å². The summed E-state index contributed by atoms with van der Waals surface area (Å²) >= 11 is 0. The first-order valence-electron chi connectivity index (χ1n) is 9.67. The highest BCUT2D eigenvalue weighted by Gasteiger charge is 2.54. The van der Waals surface area contributed by atoms with Gasteiger partial charge >= 0.3 is 5.97 Å². The molecule has 4 bridgehead atoms. The summed E-state index contributed by atoms with van der Waals surface area (Å²) in [6.45, 7) is 3.90. The lowest BCUT2D eigenvalue weighted by Gasteiger charge is -2.55. The minimum atomic E-state index is -0.837. The van der Waals surface area contributed by atoms with E-state index in [-0.39, 0.29) is 23.8 Å². The van der Waals surface area contributed by atoms with Crippen LogP contribution >= 0.6 is 0 Å². The van der Waals surface area contributed by atoms with E-state index >= 15 is 0 Å². The summed E-state index contributed by atoms with van der Waals surface area (Å²) in [5, 5.41) is 5.47. The predicted molar refractivity (Wildman–Crippen MR) is 92.5 cm³/mol. The van der Waals surface area contributed by atoms with Gasteiger partial charge in [0.25, 0.3) is 5.91 Å². The van der Waals surface area contributed by atoms with Gasteiger partial charge in [-0.2, -0.15) is 0 Å². The molecule has 6 nitrogen and oxygen atoms in total. The van der Waals surface area contributed by atoms with Crippen molar-refractivity contribution in [2.24, 2.45) is 23.2 Å². The fourth-order valence-electron chi connectivity index (χ4n) is 5.41. The van der Waals surface area contributed by atoms with Crippen LogP contribution < -0.4 is 10.6 Å². The molecule has 0 aromatic rings. The van der Waals surface area contributed by atoms with E-state index in [2.05, 4.69) is 10.6 Å². The van der Waals surface area contributed by atoms with E-state index in [0.717, 1.165) is 25.7 Å². The third-order valence-electron chi connectivity index (χ3n) is 6.14. The number of hydrogen-bond acceptors (Lipinski definition) is 4. The highest BCUT2D eigenvalue weighted by atomic mass is 16.5. The first-order chi connectivity index (χ1) is 11.9. The Morgan fingerprint density at radius 1 is 1.04 bits per heavy atom.